The van der Waals surface area contributed by atoms with E-state index in [0.717, 1.165) is 36.2 Å². The van der Waals surface area contributed by atoms with Gasteiger partial charge in [0.1, 0.15) is 0 Å². The molecule has 2 aromatic carbocycles. The van der Waals surface area contributed by atoms with E-state index in [1.54, 1.807) is 25.4 Å². The Morgan fingerprint density at radius 2 is 2.00 bits per heavy atom. The third-order valence-electron chi connectivity index (χ3n) is 5.38. The number of primary sulfonamides is 1. The van der Waals surface area contributed by atoms with Gasteiger partial charge in [-0.25, -0.2) is 18.5 Å². The van der Waals surface area contributed by atoms with E-state index in [0.29, 0.717) is 5.56 Å². The first-order valence-electron chi connectivity index (χ1n) is 9.33. The molecule has 4 rings (SSSR count). The van der Waals surface area contributed by atoms with Gasteiger partial charge in [0.05, 0.1) is 23.0 Å². The molecule has 6 nitrogen and oxygen atoms in total. The molecule has 146 valence electrons. The summed E-state index contributed by atoms with van der Waals surface area (Å²) in [6, 6.07) is 12.0. The van der Waals surface area contributed by atoms with Gasteiger partial charge in [-0.2, -0.15) is 0 Å². The van der Waals surface area contributed by atoms with Crippen LogP contribution in [-0.2, 0) is 23.5 Å². The molecule has 1 aliphatic carbocycles. The molecule has 0 saturated heterocycles. The molecular weight excluding hydrogens is 372 g/mol. The molecule has 0 aliphatic heterocycles. The topological polar surface area (TPSA) is 90.0 Å². The van der Waals surface area contributed by atoms with Crippen molar-refractivity contribution in [3.05, 3.63) is 65.6 Å². The Labute approximate surface area is 165 Å². The number of nitrogens with one attached hydrogen (secondary N) is 1. The second-order valence-electron chi connectivity index (χ2n) is 7.37. The summed E-state index contributed by atoms with van der Waals surface area (Å²) in [7, 11) is -1.93. The van der Waals surface area contributed by atoms with Gasteiger partial charge in [0.25, 0.3) is 0 Å². The third-order valence-corrected chi connectivity index (χ3v) is 6.44. The van der Waals surface area contributed by atoms with Crippen molar-refractivity contribution in [2.45, 2.75) is 37.1 Å². The highest BCUT2D eigenvalue weighted by atomic mass is 32.2. The summed E-state index contributed by atoms with van der Waals surface area (Å²) in [4.78, 5) is 4.58. The Bertz CT molecular complexity index is 1140. The standard InChI is InChI=1S/C21H24N4O2S/c1-14-20(28(22,26)27)11-10-18(21(14)19-12-25(2)13-23-19)24-17-9-5-7-15-6-3-4-8-16(15)17/h3-4,6,8,10-13,17,24H,5,7,9H2,1-2H3,(H2,22,26,27)/t17-/m0/s1. The minimum absolute atomic E-state index is 0.128. The van der Waals surface area contributed by atoms with Crippen LogP contribution in [0.1, 0.15) is 35.6 Å². The van der Waals surface area contributed by atoms with E-state index in [-0.39, 0.29) is 10.9 Å². The fraction of sp³-hybridized carbons (Fsp3) is 0.286. The zero-order valence-corrected chi connectivity index (χ0v) is 16.8. The smallest absolute Gasteiger partial charge is 0.238 e. The van der Waals surface area contributed by atoms with Crippen LogP contribution in [0.2, 0.25) is 0 Å². The summed E-state index contributed by atoms with van der Waals surface area (Å²) in [6.07, 6.45) is 6.81. The maximum absolute atomic E-state index is 12.0. The molecule has 0 radical (unpaired) electrons. The van der Waals surface area contributed by atoms with Crippen molar-refractivity contribution in [1.29, 1.82) is 0 Å². The van der Waals surface area contributed by atoms with Crippen molar-refractivity contribution >= 4 is 15.7 Å². The lowest BCUT2D eigenvalue weighted by Gasteiger charge is -2.28. The number of nitrogens with two attached hydrogens (primary N) is 1. The highest BCUT2D eigenvalue weighted by Gasteiger charge is 2.24. The Balaban J connectivity index is 1.83. The lowest BCUT2D eigenvalue weighted by atomic mass is 9.87. The second-order valence-corrected chi connectivity index (χ2v) is 8.90. The molecule has 1 aliphatic rings. The van der Waals surface area contributed by atoms with Gasteiger partial charge in [0, 0.05) is 24.5 Å². The van der Waals surface area contributed by atoms with Crippen LogP contribution in [0.3, 0.4) is 0 Å². The van der Waals surface area contributed by atoms with Crippen LogP contribution in [0.15, 0.2) is 53.8 Å². The van der Waals surface area contributed by atoms with Gasteiger partial charge in [-0.3, -0.25) is 0 Å². The van der Waals surface area contributed by atoms with Gasteiger partial charge in [0.15, 0.2) is 0 Å². The van der Waals surface area contributed by atoms with E-state index in [9.17, 15) is 8.42 Å². The Kier molecular flexibility index (Phi) is 4.72. The molecule has 0 amide bonds. The Hall–Kier alpha value is -2.64. The number of imidazole rings is 1. The van der Waals surface area contributed by atoms with Crippen molar-refractivity contribution < 1.29 is 8.42 Å². The molecule has 3 aromatic rings. The predicted molar refractivity (Wildman–Crippen MR) is 110 cm³/mol. The number of sulfonamides is 1. The molecule has 0 saturated carbocycles. The van der Waals surface area contributed by atoms with Crippen LogP contribution in [0.25, 0.3) is 11.3 Å². The highest BCUT2D eigenvalue weighted by molar-refractivity contribution is 7.89. The highest BCUT2D eigenvalue weighted by Crippen LogP contribution is 2.38. The van der Waals surface area contributed by atoms with Crippen molar-refractivity contribution in [1.82, 2.24) is 9.55 Å². The number of hydrogen-bond donors (Lipinski definition) is 2. The first-order valence-corrected chi connectivity index (χ1v) is 10.9. The van der Waals surface area contributed by atoms with Gasteiger partial charge < -0.3 is 9.88 Å². The van der Waals surface area contributed by atoms with E-state index in [4.69, 9.17) is 5.14 Å². The molecule has 0 fully saturated rings. The van der Waals surface area contributed by atoms with Crippen molar-refractivity contribution in [2.75, 3.05) is 5.32 Å². The summed E-state index contributed by atoms with van der Waals surface area (Å²) in [5.74, 6) is 0. The van der Waals surface area contributed by atoms with E-state index in [1.165, 1.54) is 11.1 Å². The number of benzene rings is 2. The van der Waals surface area contributed by atoms with E-state index in [2.05, 4.69) is 34.6 Å². The van der Waals surface area contributed by atoms with Gasteiger partial charge in [0.2, 0.25) is 10.0 Å². The molecule has 0 unspecified atom stereocenters. The molecular formula is C21H24N4O2S. The summed E-state index contributed by atoms with van der Waals surface area (Å²) >= 11 is 0. The van der Waals surface area contributed by atoms with Crippen LogP contribution in [0.5, 0.6) is 0 Å². The summed E-state index contributed by atoms with van der Waals surface area (Å²) < 4.78 is 25.9. The number of hydrogen-bond acceptors (Lipinski definition) is 4. The summed E-state index contributed by atoms with van der Waals surface area (Å²) in [5, 5.41) is 9.08. The van der Waals surface area contributed by atoms with Crippen molar-refractivity contribution in [3.8, 4) is 11.3 Å². The van der Waals surface area contributed by atoms with Crippen molar-refractivity contribution in [3.63, 3.8) is 0 Å². The minimum Gasteiger partial charge on any atom is -0.378 e. The number of fused-ring (bicyclic) bond motifs is 1. The maximum Gasteiger partial charge on any atom is 0.238 e. The van der Waals surface area contributed by atoms with Gasteiger partial charge in [-0.15, -0.1) is 0 Å². The molecule has 1 heterocycles. The van der Waals surface area contributed by atoms with E-state index < -0.39 is 10.0 Å². The molecule has 0 spiro atoms. The van der Waals surface area contributed by atoms with E-state index in [1.807, 2.05) is 17.8 Å². The number of aromatic nitrogens is 2. The quantitative estimate of drug-likeness (QED) is 0.706. The fourth-order valence-electron chi connectivity index (χ4n) is 4.08. The monoisotopic (exact) mass is 396 g/mol. The number of aryl methyl sites for hydroxylation is 2. The van der Waals surface area contributed by atoms with Crippen LogP contribution in [0, 0.1) is 6.92 Å². The first kappa shape index (κ1) is 18.7. The first-order chi connectivity index (χ1) is 13.3. The molecule has 0 bridgehead atoms. The minimum atomic E-state index is -3.82. The lowest BCUT2D eigenvalue weighted by molar-refractivity contribution is 0.596. The normalized spacial score (nSPS) is 16.6. The van der Waals surface area contributed by atoms with Crippen LogP contribution in [0.4, 0.5) is 5.69 Å². The van der Waals surface area contributed by atoms with E-state index >= 15 is 0 Å². The fourth-order valence-corrected chi connectivity index (χ4v) is 4.87. The lowest BCUT2D eigenvalue weighted by Crippen LogP contribution is -2.19. The largest absolute Gasteiger partial charge is 0.378 e. The van der Waals surface area contributed by atoms with Gasteiger partial charge in [-0.05, 0) is 55.0 Å². The Morgan fingerprint density at radius 3 is 2.71 bits per heavy atom. The zero-order valence-electron chi connectivity index (χ0n) is 16.0. The van der Waals surface area contributed by atoms with Crippen molar-refractivity contribution in [2.24, 2.45) is 12.2 Å². The number of rotatable bonds is 4. The molecule has 7 heteroatoms. The van der Waals surface area contributed by atoms with Crippen LogP contribution < -0.4 is 10.5 Å². The van der Waals surface area contributed by atoms with Gasteiger partial charge in [-0.1, -0.05) is 24.3 Å². The number of anilines is 1. The number of nitrogens with zero attached hydrogens (tertiary/aromatic N) is 2. The molecule has 3 N–H and O–H groups in total. The third kappa shape index (κ3) is 3.43. The SMILES string of the molecule is Cc1c(S(N)(=O)=O)ccc(N[C@H]2CCCc3ccccc32)c1-c1cn(C)cn1. The predicted octanol–water partition coefficient (Wildman–Crippen LogP) is 3.53. The molecule has 1 atom stereocenters. The van der Waals surface area contributed by atoms with Gasteiger partial charge >= 0.3 is 0 Å². The summed E-state index contributed by atoms with van der Waals surface area (Å²) in [5.41, 5.74) is 5.63. The maximum atomic E-state index is 12.0. The van der Waals surface area contributed by atoms with Crippen LogP contribution >= 0.6 is 0 Å². The second kappa shape index (κ2) is 7.07. The zero-order chi connectivity index (χ0) is 19.9. The molecule has 1 aromatic heterocycles. The summed E-state index contributed by atoms with van der Waals surface area (Å²) in [6.45, 7) is 1.78. The van der Waals surface area contributed by atoms with Crippen LogP contribution in [-0.4, -0.2) is 18.0 Å². The average Bonchev–Trinajstić information content (AvgIpc) is 3.07. The average molecular weight is 397 g/mol. The molecule has 28 heavy (non-hydrogen) atoms. The Morgan fingerprint density at radius 1 is 1.21 bits per heavy atom.